The Morgan fingerprint density at radius 1 is 1.04 bits per heavy atom. The van der Waals surface area contributed by atoms with Crippen LogP contribution in [0.15, 0.2) is 105 Å². The largest absolute Gasteiger partial charge is 0.369 e. The number of aromatic nitrogens is 1. The fourth-order valence-electron chi connectivity index (χ4n) is 5.03. The highest BCUT2D eigenvalue weighted by Crippen LogP contribution is 2.27. The lowest BCUT2D eigenvalue weighted by atomic mass is 10.0. The van der Waals surface area contributed by atoms with E-state index in [9.17, 15) is 22.8 Å². The maximum atomic E-state index is 13.5. The van der Waals surface area contributed by atoms with Gasteiger partial charge in [-0.05, 0) is 38.0 Å². The molecule has 3 aromatic carbocycles. The van der Waals surface area contributed by atoms with E-state index in [4.69, 9.17) is 11.5 Å². The van der Waals surface area contributed by atoms with Crippen LogP contribution in [0.4, 0.5) is 5.69 Å². The van der Waals surface area contributed by atoms with E-state index in [0.29, 0.717) is 17.0 Å². The number of amides is 2. The molecule has 0 aliphatic carbocycles. The number of guanidine groups is 1. The number of nitrogens with one attached hydrogen (secondary N) is 2. The van der Waals surface area contributed by atoms with E-state index < -0.39 is 46.4 Å². The first-order valence-corrected chi connectivity index (χ1v) is 17.3. The van der Waals surface area contributed by atoms with Crippen LogP contribution in [0.3, 0.4) is 0 Å². The van der Waals surface area contributed by atoms with Gasteiger partial charge in [0.2, 0.25) is 17.6 Å². The van der Waals surface area contributed by atoms with Crippen molar-refractivity contribution in [3.63, 3.8) is 0 Å². The number of nitrogens with zero attached hydrogens (tertiary/aromatic N) is 4. The SMILES string of the molecule is Cc1ccc(S(=O)(=O)NC(N)=NCCC[C@@H](NC(=O)CN2C(=O)C(N)N=C(c3ccccc3)c3ccccc32)C(=O)c2nccs2)cc1. The highest BCUT2D eigenvalue weighted by Gasteiger charge is 2.32. The van der Waals surface area contributed by atoms with E-state index in [2.05, 4.69) is 25.0 Å². The van der Waals surface area contributed by atoms with Crippen molar-refractivity contribution in [2.45, 2.75) is 36.9 Å². The summed E-state index contributed by atoms with van der Waals surface area (Å²) in [6, 6.07) is 21.6. The van der Waals surface area contributed by atoms with Gasteiger partial charge in [-0.15, -0.1) is 11.3 Å². The molecule has 0 saturated heterocycles. The highest BCUT2D eigenvalue weighted by molar-refractivity contribution is 7.90. The number of para-hydroxylation sites is 1. The Bertz CT molecular complexity index is 1950. The Labute approximate surface area is 281 Å². The van der Waals surface area contributed by atoms with E-state index in [1.165, 1.54) is 23.2 Å². The molecule has 2 atom stereocenters. The van der Waals surface area contributed by atoms with Gasteiger partial charge in [-0.2, -0.15) is 0 Å². The first kappa shape index (κ1) is 34.1. The number of anilines is 1. The lowest BCUT2D eigenvalue weighted by Crippen LogP contribution is -2.50. The number of carbonyl (C=O) groups excluding carboxylic acids is 3. The molecule has 1 aliphatic rings. The second kappa shape index (κ2) is 15.1. The summed E-state index contributed by atoms with van der Waals surface area (Å²) in [5, 5.41) is 4.60. The lowest BCUT2D eigenvalue weighted by Gasteiger charge is -2.25. The molecule has 15 heteroatoms. The van der Waals surface area contributed by atoms with E-state index in [0.717, 1.165) is 22.5 Å². The Morgan fingerprint density at radius 2 is 1.75 bits per heavy atom. The number of fused-ring (bicyclic) bond motifs is 1. The molecule has 0 saturated carbocycles. The van der Waals surface area contributed by atoms with Crippen LogP contribution in [0.2, 0.25) is 0 Å². The number of hydrogen-bond acceptors (Lipinski definition) is 10. The summed E-state index contributed by atoms with van der Waals surface area (Å²) < 4.78 is 27.5. The molecule has 4 aromatic rings. The summed E-state index contributed by atoms with van der Waals surface area (Å²) in [6.45, 7) is 1.48. The van der Waals surface area contributed by atoms with Crippen molar-refractivity contribution in [1.29, 1.82) is 0 Å². The van der Waals surface area contributed by atoms with Crippen LogP contribution < -0.4 is 26.4 Å². The average molecular weight is 687 g/mol. The van der Waals surface area contributed by atoms with Crippen molar-refractivity contribution in [3.8, 4) is 0 Å². The van der Waals surface area contributed by atoms with Gasteiger partial charge in [0.05, 0.1) is 22.3 Å². The van der Waals surface area contributed by atoms with E-state index in [1.54, 1.807) is 35.7 Å². The maximum Gasteiger partial charge on any atom is 0.266 e. The summed E-state index contributed by atoms with van der Waals surface area (Å²) in [6.07, 6.45) is 0.622. The molecule has 0 fully saturated rings. The zero-order valence-corrected chi connectivity index (χ0v) is 27.6. The second-order valence-electron chi connectivity index (χ2n) is 10.9. The zero-order valence-electron chi connectivity index (χ0n) is 25.9. The van der Waals surface area contributed by atoms with Crippen LogP contribution in [-0.2, 0) is 19.6 Å². The number of ketones is 1. The molecule has 1 aliphatic heterocycles. The van der Waals surface area contributed by atoms with Crippen molar-refractivity contribution in [2.75, 3.05) is 18.0 Å². The monoisotopic (exact) mass is 686 g/mol. The summed E-state index contributed by atoms with van der Waals surface area (Å²) >= 11 is 1.13. The summed E-state index contributed by atoms with van der Waals surface area (Å²) in [5.41, 5.74) is 15.3. The third-order valence-electron chi connectivity index (χ3n) is 7.38. The van der Waals surface area contributed by atoms with Gasteiger partial charge in [-0.25, -0.2) is 18.1 Å². The topological polar surface area (TPSA) is 202 Å². The Kier molecular flexibility index (Phi) is 10.7. The van der Waals surface area contributed by atoms with Crippen molar-refractivity contribution < 1.29 is 22.8 Å². The quantitative estimate of drug-likeness (QED) is 0.0753. The number of Topliss-reactive ketones (excluding diaryl/α,β-unsaturated/α-hetero) is 1. The summed E-state index contributed by atoms with van der Waals surface area (Å²) in [5.74, 6) is -1.90. The number of aliphatic imine (C=N–C) groups is 2. The van der Waals surface area contributed by atoms with Gasteiger partial charge in [0.25, 0.3) is 15.9 Å². The van der Waals surface area contributed by atoms with Crippen LogP contribution in [0.5, 0.6) is 0 Å². The smallest absolute Gasteiger partial charge is 0.266 e. The molecule has 48 heavy (non-hydrogen) atoms. The first-order chi connectivity index (χ1) is 23.0. The molecule has 248 valence electrons. The van der Waals surface area contributed by atoms with Crippen molar-refractivity contribution in [3.05, 3.63) is 112 Å². The number of thiazole rings is 1. The Morgan fingerprint density at radius 3 is 2.46 bits per heavy atom. The predicted molar refractivity (Wildman–Crippen MR) is 184 cm³/mol. The molecule has 2 amide bonds. The zero-order chi connectivity index (χ0) is 34.3. The van der Waals surface area contributed by atoms with Crippen LogP contribution in [0, 0.1) is 6.92 Å². The number of hydrogen-bond donors (Lipinski definition) is 4. The molecule has 0 bridgehead atoms. The van der Waals surface area contributed by atoms with E-state index in [-0.39, 0.29) is 35.2 Å². The van der Waals surface area contributed by atoms with Crippen LogP contribution in [0.25, 0.3) is 0 Å². The van der Waals surface area contributed by atoms with Crippen LogP contribution in [0.1, 0.15) is 39.3 Å². The first-order valence-electron chi connectivity index (χ1n) is 15.0. The summed E-state index contributed by atoms with van der Waals surface area (Å²) in [4.78, 5) is 54.3. The van der Waals surface area contributed by atoms with E-state index >= 15 is 0 Å². The molecule has 0 radical (unpaired) electrons. The number of benzodiazepines with no additional fused rings is 1. The third-order valence-corrected chi connectivity index (χ3v) is 9.54. The van der Waals surface area contributed by atoms with Gasteiger partial charge >= 0.3 is 0 Å². The number of carbonyl (C=O) groups is 3. The minimum absolute atomic E-state index is 0.0393. The van der Waals surface area contributed by atoms with Gasteiger partial charge in [-0.1, -0.05) is 66.2 Å². The van der Waals surface area contributed by atoms with Gasteiger partial charge in [0.1, 0.15) is 6.54 Å². The van der Waals surface area contributed by atoms with Crippen LogP contribution >= 0.6 is 11.3 Å². The second-order valence-corrected chi connectivity index (χ2v) is 13.5. The summed E-state index contributed by atoms with van der Waals surface area (Å²) in [7, 11) is -3.93. The number of sulfonamides is 1. The predicted octanol–water partition coefficient (Wildman–Crippen LogP) is 2.36. The molecule has 1 aromatic heterocycles. The maximum absolute atomic E-state index is 13.5. The molecule has 2 heterocycles. The van der Waals surface area contributed by atoms with Crippen molar-refractivity contribution in [1.82, 2.24) is 15.0 Å². The normalized spacial score (nSPS) is 15.6. The fourth-order valence-corrected chi connectivity index (χ4v) is 6.61. The number of aryl methyl sites for hydroxylation is 1. The Hall–Kier alpha value is -5.25. The van der Waals surface area contributed by atoms with Crippen molar-refractivity contribution in [2.24, 2.45) is 21.5 Å². The van der Waals surface area contributed by atoms with Gasteiger partial charge in [-0.3, -0.25) is 29.3 Å². The van der Waals surface area contributed by atoms with Gasteiger partial charge < -0.3 is 16.8 Å². The highest BCUT2D eigenvalue weighted by atomic mass is 32.2. The molecule has 13 nitrogen and oxygen atoms in total. The van der Waals surface area contributed by atoms with Crippen LogP contribution in [-0.4, -0.2) is 68.0 Å². The molecular formula is C33H34N8O5S2. The molecular weight excluding hydrogens is 653 g/mol. The standard InChI is InChI=1S/C33H34N8O5S2/c1-21-13-15-23(16-14-21)48(45,46)40-33(35)37-17-7-11-25(29(43)31-36-18-19-47-31)38-27(42)20-41-26-12-6-5-10-24(26)28(39-30(34)32(41)44)22-8-3-2-4-9-22/h2-6,8-10,12-16,18-19,25,30H,7,11,17,20,34H2,1H3,(H,38,42)(H3,35,37,40)/t25-,30?/m1/s1. The molecule has 1 unspecified atom stereocenters. The van der Waals surface area contributed by atoms with Crippen molar-refractivity contribution >= 4 is 56.3 Å². The van der Waals surface area contributed by atoms with E-state index in [1.807, 2.05) is 43.3 Å². The number of nitrogens with two attached hydrogens (primary N) is 2. The molecule has 0 spiro atoms. The minimum Gasteiger partial charge on any atom is -0.369 e. The third kappa shape index (κ3) is 8.17. The number of benzene rings is 3. The lowest BCUT2D eigenvalue weighted by molar-refractivity contribution is -0.124. The molecule has 6 N–H and O–H groups in total. The fraction of sp³-hybridized carbons (Fsp3) is 0.212. The molecule has 5 rings (SSSR count). The minimum atomic E-state index is -3.93. The number of rotatable bonds is 12. The van der Waals surface area contributed by atoms with Gasteiger partial charge in [0, 0.05) is 29.2 Å². The van der Waals surface area contributed by atoms with Gasteiger partial charge in [0.15, 0.2) is 11.2 Å². The average Bonchev–Trinajstić information content (AvgIpc) is 3.59. The Balaban J connectivity index is 1.28.